The first-order valence-electron chi connectivity index (χ1n) is 9.87. The minimum absolute atomic E-state index is 0.100. The van der Waals surface area contributed by atoms with Crippen molar-refractivity contribution in [3.8, 4) is 0 Å². The highest BCUT2D eigenvalue weighted by molar-refractivity contribution is 7.90. The van der Waals surface area contributed by atoms with Gasteiger partial charge in [0.25, 0.3) is 5.91 Å². The molecular weight excluding hydrogens is 400 g/mol. The van der Waals surface area contributed by atoms with Crippen molar-refractivity contribution >= 4 is 21.7 Å². The number of guanidine groups is 1. The highest BCUT2D eigenvalue weighted by atomic mass is 32.2. The molecule has 30 heavy (non-hydrogen) atoms. The summed E-state index contributed by atoms with van der Waals surface area (Å²) < 4.78 is 23.5. The maximum Gasteiger partial charge on any atom is 0.251 e. The van der Waals surface area contributed by atoms with E-state index < -0.39 is 9.84 Å². The van der Waals surface area contributed by atoms with Crippen LogP contribution in [-0.2, 0) is 22.8 Å². The Balaban J connectivity index is 2.00. The van der Waals surface area contributed by atoms with E-state index in [4.69, 9.17) is 0 Å². The van der Waals surface area contributed by atoms with E-state index in [0.29, 0.717) is 29.5 Å². The van der Waals surface area contributed by atoms with Gasteiger partial charge >= 0.3 is 0 Å². The van der Waals surface area contributed by atoms with Gasteiger partial charge in [-0.3, -0.25) is 4.79 Å². The molecule has 0 atom stereocenters. The Hall–Kier alpha value is -2.87. The zero-order valence-corrected chi connectivity index (χ0v) is 18.8. The van der Waals surface area contributed by atoms with Crippen LogP contribution >= 0.6 is 0 Å². The molecule has 0 radical (unpaired) electrons. The first kappa shape index (κ1) is 23.4. The van der Waals surface area contributed by atoms with Crippen molar-refractivity contribution in [2.75, 3.05) is 26.4 Å². The predicted octanol–water partition coefficient (Wildman–Crippen LogP) is 2.06. The first-order chi connectivity index (χ1) is 14.2. The lowest BCUT2D eigenvalue weighted by molar-refractivity contribution is 0.0963. The Morgan fingerprint density at radius 1 is 1.07 bits per heavy atom. The van der Waals surface area contributed by atoms with Crippen LogP contribution in [0, 0.1) is 6.92 Å². The molecule has 1 amide bonds. The zero-order chi connectivity index (χ0) is 22.1. The van der Waals surface area contributed by atoms with Crippen molar-refractivity contribution in [2.45, 2.75) is 31.7 Å². The molecule has 3 N–H and O–H groups in total. The van der Waals surface area contributed by atoms with Crippen molar-refractivity contribution in [3.05, 3.63) is 64.7 Å². The largest absolute Gasteiger partial charge is 0.357 e. The third kappa shape index (κ3) is 6.88. The maximum absolute atomic E-state index is 11.8. The molecule has 0 heterocycles. The third-order valence-electron chi connectivity index (χ3n) is 4.53. The Morgan fingerprint density at radius 3 is 2.47 bits per heavy atom. The van der Waals surface area contributed by atoms with Gasteiger partial charge in [0.15, 0.2) is 15.8 Å². The van der Waals surface area contributed by atoms with Crippen LogP contribution in [0.25, 0.3) is 0 Å². The monoisotopic (exact) mass is 430 g/mol. The molecule has 2 aromatic carbocycles. The summed E-state index contributed by atoms with van der Waals surface area (Å²) in [5.74, 6) is 0.585. The van der Waals surface area contributed by atoms with Gasteiger partial charge in [-0.15, -0.1) is 0 Å². The topological polar surface area (TPSA) is 99.7 Å². The highest BCUT2D eigenvalue weighted by Crippen LogP contribution is 2.17. The second-order valence-electron chi connectivity index (χ2n) is 7.02. The Morgan fingerprint density at radius 2 is 1.83 bits per heavy atom. The van der Waals surface area contributed by atoms with Gasteiger partial charge in [-0.05, 0) is 55.2 Å². The molecule has 2 rings (SSSR count). The lowest BCUT2D eigenvalue weighted by atomic mass is 10.1. The summed E-state index contributed by atoms with van der Waals surface area (Å²) in [6.07, 6.45) is 1.96. The normalized spacial score (nSPS) is 11.8. The molecule has 162 valence electrons. The number of aryl methyl sites for hydroxylation is 1. The number of amides is 1. The third-order valence-corrected chi connectivity index (χ3v) is 5.78. The molecule has 0 saturated heterocycles. The van der Waals surface area contributed by atoms with E-state index in [1.165, 1.54) is 6.26 Å². The van der Waals surface area contributed by atoms with Crippen LogP contribution in [0.4, 0.5) is 0 Å². The molecule has 0 aliphatic carbocycles. The summed E-state index contributed by atoms with van der Waals surface area (Å²) in [5.41, 5.74) is 3.37. The van der Waals surface area contributed by atoms with Crippen LogP contribution in [0.3, 0.4) is 0 Å². The number of aliphatic imine (C=N–C) groups is 1. The van der Waals surface area contributed by atoms with E-state index in [-0.39, 0.29) is 5.91 Å². The minimum Gasteiger partial charge on any atom is -0.357 e. The Kier molecular flexibility index (Phi) is 8.41. The van der Waals surface area contributed by atoms with Crippen LogP contribution in [0.2, 0.25) is 0 Å². The smallest absolute Gasteiger partial charge is 0.251 e. The van der Waals surface area contributed by atoms with Gasteiger partial charge in [0.05, 0.1) is 11.4 Å². The van der Waals surface area contributed by atoms with Crippen LogP contribution in [-0.4, -0.2) is 46.7 Å². The Bertz CT molecular complexity index is 1020. The molecule has 0 fully saturated rings. The lowest BCUT2D eigenvalue weighted by Gasteiger charge is -2.12. The second kappa shape index (κ2) is 10.8. The van der Waals surface area contributed by atoms with Gasteiger partial charge in [-0.25, -0.2) is 13.4 Å². The number of carbonyl (C=O) groups is 1. The van der Waals surface area contributed by atoms with Gasteiger partial charge in [-0.1, -0.05) is 24.3 Å². The predicted molar refractivity (Wildman–Crippen MR) is 121 cm³/mol. The van der Waals surface area contributed by atoms with Crippen molar-refractivity contribution in [2.24, 2.45) is 4.99 Å². The fourth-order valence-corrected chi connectivity index (χ4v) is 4.03. The van der Waals surface area contributed by atoms with Crippen LogP contribution in [0.15, 0.2) is 52.4 Å². The molecular formula is C22H30N4O3S. The van der Waals surface area contributed by atoms with E-state index in [0.717, 1.165) is 29.7 Å². The fraction of sp³-hybridized carbons (Fsp3) is 0.364. The second-order valence-corrected chi connectivity index (χ2v) is 9.01. The maximum atomic E-state index is 11.8. The van der Waals surface area contributed by atoms with E-state index in [1.807, 2.05) is 31.2 Å². The van der Waals surface area contributed by atoms with Gasteiger partial charge in [0.2, 0.25) is 0 Å². The van der Waals surface area contributed by atoms with E-state index in [2.05, 4.69) is 20.9 Å². The number of rotatable bonds is 8. The first-order valence-corrected chi connectivity index (χ1v) is 11.8. The average molecular weight is 431 g/mol. The molecule has 2 aromatic rings. The Labute approximate surface area is 178 Å². The number of carbonyl (C=O) groups excluding carboxylic acids is 1. The fourth-order valence-electron chi connectivity index (χ4n) is 3.08. The number of hydrogen-bond acceptors (Lipinski definition) is 4. The molecule has 0 spiro atoms. The summed E-state index contributed by atoms with van der Waals surface area (Å²) in [5, 5.41) is 9.13. The number of nitrogens with one attached hydrogen (secondary N) is 3. The molecule has 0 bridgehead atoms. The summed E-state index contributed by atoms with van der Waals surface area (Å²) in [4.78, 5) is 16.7. The van der Waals surface area contributed by atoms with Crippen LogP contribution in [0.1, 0.15) is 34.0 Å². The van der Waals surface area contributed by atoms with Gasteiger partial charge in [0, 0.05) is 32.0 Å². The van der Waals surface area contributed by atoms with Crippen LogP contribution < -0.4 is 16.0 Å². The van der Waals surface area contributed by atoms with E-state index in [1.54, 1.807) is 32.2 Å². The molecule has 0 aliphatic rings. The lowest BCUT2D eigenvalue weighted by Crippen LogP contribution is -2.38. The van der Waals surface area contributed by atoms with Gasteiger partial charge in [0.1, 0.15) is 0 Å². The highest BCUT2D eigenvalue weighted by Gasteiger charge is 2.11. The SMILES string of the molecule is CCNC(=NCc1ccc(S(C)(=O)=O)c(C)c1)NCCc1cccc(C(=O)NC)c1. The summed E-state index contributed by atoms with van der Waals surface area (Å²) >= 11 is 0. The molecule has 0 aromatic heterocycles. The average Bonchev–Trinajstić information content (AvgIpc) is 2.70. The van der Waals surface area contributed by atoms with Gasteiger partial charge < -0.3 is 16.0 Å². The van der Waals surface area contributed by atoms with Crippen LogP contribution in [0.5, 0.6) is 0 Å². The standard InChI is InChI=1S/C22H30N4O3S/c1-5-24-22(25-12-11-17-7-6-8-19(14-17)21(27)23-3)26-15-18-9-10-20(16(2)13-18)30(4,28)29/h6-10,13-14H,5,11-12,15H2,1-4H3,(H,23,27)(H2,24,25,26). The molecule has 0 unspecified atom stereocenters. The van der Waals surface area contributed by atoms with E-state index >= 15 is 0 Å². The number of benzene rings is 2. The summed E-state index contributed by atoms with van der Waals surface area (Å²) in [7, 11) is -1.61. The van der Waals surface area contributed by atoms with E-state index in [9.17, 15) is 13.2 Å². The molecule has 7 nitrogen and oxygen atoms in total. The van der Waals surface area contributed by atoms with Crippen molar-refractivity contribution < 1.29 is 13.2 Å². The zero-order valence-electron chi connectivity index (χ0n) is 18.0. The summed E-state index contributed by atoms with van der Waals surface area (Å²) in [6, 6.07) is 12.8. The van der Waals surface area contributed by atoms with Crippen molar-refractivity contribution in [1.29, 1.82) is 0 Å². The molecule has 0 aliphatic heterocycles. The number of sulfone groups is 1. The van der Waals surface area contributed by atoms with Gasteiger partial charge in [-0.2, -0.15) is 0 Å². The van der Waals surface area contributed by atoms with Crippen molar-refractivity contribution in [1.82, 2.24) is 16.0 Å². The molecule has 8 heteroatoms. The van der Waals surface area contributed by atoms with Crippen molar-refractivity contribution in [3.63, 3.8) is 0 Å². The minimum atomic E-state index is -3.22. The quantitative estimate of drug-likeness (QED) is 0.440. The summed E-state index contributed by atoms with van der Waals surface area (Å²) in [6.45, 7) is 5.61. The molecule has 0 saturated carbocycles. The number of nitrogens with zero attached hydrogens (tertiary/aromatic N) is 1. The number of hydrogen-bond donors (Lipinski definition) is 3.